The Bertz CT molecular complexity index is 866. The minimum atomic E-state index is -0.400. The van der Waals surface area contributed by atoms with Crippen LogP contribution in [0.15, 0.2) is 28.2 Å². The van der Waals surface area contributed by atoms with Gasteiger partial charge in [-0.2, -0.15) is 0 Å². The number of nitrogens with zero attached hydrogens (tertiary/aromatic N) is 1. The molecule has 0 spiro atoms. The first kappa shape index (κ1) is 18.0. The number of hydrogen-bond donors (Lipinski definition) is 2. The maximum atomic E-state index is 12.5. The summed E-state index contributed by atoms with van der Waals surface area (Å²) in [5.74, 6) is -0.157. The number of anilines is 1. The molecule has 1 heterocycles. The van der Waals surface area contributed by atoms with Crippen molar-refractivity contribution >= 4 is 35.0 Å². The number of nitrogens with one attached hydrogen (secondary N) is 2. The highest BCUT2D eigenvalue weighted by molar-refractivity contribution is 8.00. The SMILES string of the molecule is Cc1c(Cl)cccc1NC(=O)[C@@H](C)Sc1nc2c(c(=O)[nH]1)CCCC2. The molecule has 1 aliphatic carbocycles. The number of aryl methyl sites for hydroxylation is 1. The molecule has 25 heavy (non-hydrogen) atoms. The molecule has 2 N–H and O–H groups in total. The second-order valence-corrected chi connectivity index (χ2v) is 7.90. The molecule has 0 bridgehead atoms. The largest absolute Gasteiger partial charge is 0.325 e. The lowest BCUT2D eigenvalue weighted by atomic mass is 9.97. The molecule has 0 saturated heterocycles. The summed E-state index contributed by atoms with van der Waals surface area (Å²) in [6.07, 6.45) is 3.70. The van der Waals surface area contributed by atoms with E-state index in [0.29, 0.717) is 15.9 Å². The van der Waals surface area contributed by atoms with Gasteiger partial charge in [-0.1, -0.05) is 29.4 Å². The topological polar surface area (TPSA) is 74.8 Å². The lowest BCUT2D eigenvalue weighted by Crippen LogP contribution is -2.25. The molecule has 132 valence electrons. The monoisotopic (exact) mass is 377 g/mol. The molecule has 0 aliphatic heterocycles. The number of rotatable bonds is 4. The zero-order valence-electron chi connectivity index (χ0n) is 14.2. The molecule has 0 fully saturated rings. The number of aromatic amines is 1. The zero-order chi connectivity index (χ0) is 18.0. The number of thioether (sulfide) groups is 1. The smallest absolute Gasteiger partial charge is 0.254 e. The van der Waals surface area contributed by atoms with Gasteiger partial charge in [0.1, 0.15) is 0 Å². The molecule has 2 aromatic rings. The Morgan fingerprint density at radius 1 is 1.36 bits per heavy atom. The Kier molecular flexibility index (Phi) is 5.49. The van der Waals surface area contributed by atoms with Crippen molar-refractivity contribution in [3.05, 3.63) is 50.4 Å². The summed E-state index contributed by atoms with van der Waals surface area (Å²) in [5.41, 5.74) is 3.11. The lowest BCUT2D eigenvalue weighted by Gasteiger charge is -2.16. The van der Waals surface area contributed by atoms with E-state index in [4.69, 9.17) is 11.6 Å². The lowest BCUT2D eigenvalue weighted by molar-refractivity contribution is -0.115. The molecule has 1 atom stereocenters. The van der Waals surface area contributed by atoms with Crippen LogP contribution in [0.4, 0.5) is 5.69 Å². The fourth-order valence-corrected chi connectivity index (χ4v) is 3.82. The molecule has 7 heteroatoms. The van der Waals surface area contributed by atoms with Gasteiger partial charge in [-0.15, -0.1) is 0 Å². The highest BCUT2D eigenvalue weighted by atomic mass is 35.5. The number of halogens is 1. The van der Waals surface area contributed by atoms with Crippen molar-refractivity contribution in [2.75, 3.05) is 5.32 Å². The Balaban J connectivity index is 1.72. The average molecular weight is 378 g/mol. The first-order valence-electron chi connectivity index (χ1n) is 8.30. The van der Waals surface area contributed by atoms with Crippen LogP contribution in [0.1, 0.15) is 36.6 Å². The van der Waals surface area contributed by atoms with Crippen LogP contribution in [0.5, 0.6) is 0 Å². The van der Waals surface area contributed by atoms with Crippen LogP contribution in [-0.2, 0) is 17.6 Å². The van der Waals surface area contributed by atoms with Gasteiger partial charge < -0.3 is 10.3 Å². The Morgan fingerprint density at radius 2 is 2.12 bits per heavy atom. The predicted octanol–water partition coefficient (Wildman–Crippen LogP) is 3.73. The van der Waals surface area contributed by atoms with Crippen LogP contribution in [-0.4, -0.2) is 21.1 Å². The highest BCUT2D eigenvalue weighted by Crippen LogP contribution is 2.26. The second-order valence-electron chi connectivity index (χ2n) is 6.17. The van der Waals surface area contributed by atoms with Gasteiger partial charge >= 0.3 is 0 Å². The van der Waals surface area contributed by atoms with Crippen LogP contribution in [0, 0.1) is 6.92 Å². The third-order valence-corrected chi connectivity index (χ3v) is 5.75. The molecule has 3 rings (SSSR count). The average Bonchev–Trinajstić information content (AvgIpc) is 2.59. The van der Waals surface area contributed by atoms with E-state index in [9.17, 15) is 9.59 Å². The van der Waals surface area contributed by atoms with Crippen molar-refractivity contribution in [1.82, 2.24) is 9.97 Å². The van der Waals surface area contributed by atoms with Gasteiger partial charge in [0.15, 0.2) is 5.16 Å². The van der Waals surface area contributed by atoms with E-state index >= 15 is 0 Å². The fourth-order valence-electron chi connectivity index (χ4n) is 2.83. The molecule has 1 aromatic carbocycles. The molecule has 0 radical (unpaired) electrons. The molecule has 5 nitrogen and oxygen atoms in total. The summed E-state index contributed by atoms with van der Waals surface area (Å²) in [5, 5.41) is 3.59. The van der Waals surface area contributed by atoms with E-state index < -0.39 is 5.25 Å². The molecule has 1 amide bonds. The third-order valence-electron chi connectivity index (χ3n) is 4.35. The standard InChI is InChI=1S/C18H20ClN3O2S/c1-10-13(19)7-5-9-14(10)20-16(23)11(2)25-18-21-15-8-4-3-6-12(15)17(24)22-18/h5,7,9,11H,3-4,6,8H2,1-2H3,(H,20,23)(H,21,22,24)/t11-/m1/s1. The van der Waals surface area contributed by atoms with E-state index in [1.807, 2.05) is 13.0 Å². The van der Waals surface area contributed by atoms with Gasteiger partial charge in [0.2, 0.25) is 5.91 Å². The molecular formula is C18H20ClN3O2S. The van der Waals surface area contributed by atoms with Crippen LogP contribution in [0.25, 0.3) is 0 Å². The summed E-state index contributed by atoms with van der Waals surface area (Å²) in [6.45, 7) is 3.65. The molecular weight excluding hydrogens is 358 g/mol. The van der Waals surface area contributed by atoms with Crippen LogP contribution in [0.2, 0.25) is 5.02 Å². The summed E-state index contributed by atoms with van der Waals surface area (Å²) in [4.78, 5) is 32.0. The quantitative estimate of drug-likeness (QED) is 0.628. The number of hydrogen-bond acceptors (Lipinski definition) is 4. The van der Waals surface area contributed by atoms with Gasteiger partial charge in [-0.25, -0.2) is 4.98 Å². The summed E-state index contributed by atoms with van der Waals surface area (Å²) in [6, 6.07) is 5.40. The number of amides is 1. The molecule has 1 aliphatic rings. The summed E-state index contributed by atoms with van der Waals surface area (Å²) >= 11 is 7.34. The number of benzene rings is 1. The van der Waals surface area contributed by atoms with Gasteiger partial charge in [-0.3, -0.25) is 9.59 Å². The predicted molar refractivity (Wildman–Crippen MR) is 102 cm³/mol. The van der Waals surface area contributed by atoms with Crippen LogP contribution < -0.4 is 10.9 Å². The highest BCUT2D eigenvalue weighted by Gasteiger charge is 2.20. The maximum absolute atomic E-state index is 12.5. The minimum Gasteiger partial charge on any atom is -0.325 e. The molecule has 1 aromatic heterocycles. The minimum absolute atomic E-state index is 0.0782. The van der Waals surface area contributed by atoms with E-state index in [0.717, 1.165) is 42.5 Å². The van der Waals surface area contributed by atoms with E-state index in [1.54, 1.807) is 19.1 Å². The summed E-state index contributed by atoms with van der Waals surface area (Å²) < 4.78 is 0. The Labute approximate surface area is 155 Å². The fraction of sp³-hybridized carbons (Fsp3) is 0.389. The number of fused-ring (bicyclic) bond motifs is 1. The van der Waals surface area contributed by atoms with Crippen LogP contribution in [0.3, 0.4) is 0 Å². The normalized spacial score (nSPS) is 14.7. The second kappa shape index (κ2) is 7.62. The van der Waals surface area contributed by atoms with E-state index in [1.165, 1.54) is 11.8 Å². The zero-order valence-corrected chi connectivity index (χ0v) is 15.8. The third kappa shape index (κ3) is 4.07. The van der Waals surface area contributed by atoms with Gasteiger partial charge in [-0.05, 0) is 57.2 Å². The number of carbonyl (C=O) groups excluding carboxylic acids is 1. The van der Waals surface area contributed by atoms with E-state index in [2.05, 4.69) is 15.3 Å². The van der Waals surface area contributed by atoms with Crippen molar-refractivity contribution in [2.24, 2.45) is 0 Å². The van der Waals surface area contributed by atoms with Crippen molar-refractivity contribution < 1.29 is 4.79 Å². The van der Waals surface area contributed by atoms with Crippen molar-refractivity contribution in [1.29, 1.82) is 0 Å². The first-order valence-corrected chi connectivity index (χ1v) is 9.56. The molecule has 0 saturated carbocycles. The summed E-state index contributed by atoms with van der Waals surface area (Å²) in [7, 11) is 0. The Hall–Kier alpha value is -1.79. The number of H-pyrrole nitrogens is 1. The van der Waals surface area contributed by atoms with Crippen molar-refractivity contribution in [2.45, 2.75) is 49.9 Å². The first-order chi connectivity index (χ1) is 12.0. The van der Waals surface area contributed by atoms with Crippen molar-refractivity contribution in [3.63, 3.8) is 0 Å². The maximum Gasteiger partial charge on any atom is 0.254 e. The Morgan fingerprint density at radius 3 is 2.92 bits per heavy atom. The van der Waals surface area contributed by atoms with Gasteiger partial charge in [0.25, 0.3) is 5.56 Å². The van der Waals surface area contributed by atoms with Gasteiger partial charge in [0.05, 0.1) is 10.9 Å². The van der Waals surface area contributed by atoms with E-state index in [-0.39, 0.29) is 11.5 Å². The molecule has 0 unspecified atom stereocenters. The van der Waals surface area contributed by atoms with Crippen LogP contribution >= 0.6 is 23.4 Å². The van der Waals surface area contributed by atoms with Gasteiger partial charge in [0, 0.05) is 16.3 Å². The number of aromatic nitrogens is 2. The van der Waals surface area contributed by atoms with Crippen molar-refractivity contribution in [3.8, 4) is 0 Å². The number of carbonyl (C=O) groups is 1.